The lowest BCUT2D eigenvalue weighted by atomic mass is 9.66. The third-order valence-corrected chi connectivity index (χ3v) is 6.66. The van der Waals surface area contributed by atoms with Gasteiger partial charge in [-0.2, -0.15) is 0 Å². The molecule has 0 fully saturated rings. The smallest absolute Gasteiger partial charge is 0.244 e. The van der Waals surface area contributed by atoms with Gasteiger partial charge in [0.2, 0.25) is 5.91 Å². The summed E-state index contributed by atoms with van der Waals surface area (Å²) in [6.45, 7) is 3.98. The minimum absolute atomic E-state index is 0.211. The molecule has 33 heavy (non-hydrogen) atoms. The van der Waals surface area contributed by atoms with E-state index in [0.717, 1.165) is 39.3 Å². The molecule has 162 valence electrons. The molecule has 4 aromatic carbocycles. The van der Waals surface area contributed by atoms with Crippen molar-refractivity contribution < 1.29 is 13.6 Å². The van der Waals surface area contributed by atoms with Gasteiger partial charge in [0.25, 0.3) is 0 Å². The minimum atomic E-state index is -1.19. The van der Waals surface area contributed by atoms with Crippen LogP contribution < -0.4 is 10.2 Å². The van der Waals surface area contributed by atoms with Crippen LogP contribution in [0.15, 0.2) is 78.9 Å². The number of amides is 1. The molecule has 2 aliphatic rings. The summed E-state index contributed by atoms with van der Waals surface area (Å²) in [5.41, 5.74) is 5.97. The van der Waals surface area contributed by atoms with Crippen molar-refractivity contribution in [3.63, 3.8) is 0 Å². The van der Waals surface area contributed by atoms with Gasteiger partial charge >= 0.3 is 0 Å². The highest BCUT2D eigenvalue weighted by Crippen LogP contribution is 2.58. The average molecular weight is 438 g/mol. The van der Waals surface area contributed by atoms with E-state index in [1.54, 1.807) is 18.2 Å². The second-order valence-electron chi connectivity index (χ2n) is 8.75. The summed E-state index contributed by atoms with van der Waals surface area (Å²) >= 11 is 0. The Labute approximate surface area is 190 Å². The highest BCUT2D eigenvalue weighted by Gasteiger charge is 2.55. The van der Waals surface area contributed by atoms with Crippen molar-refractivity contribution in [1.29, 1.82) is 0 Å². The van der Waals surface area contributed by atoms with Crippen LogP contribution in [0.1, 0.15) is 27.8 Å². The zero-order valence-electron chi connectivity index (χ0n) is 18.1. The van der Waals surface area contributed by atoms with E-state index >= 15 is 0 Å². The van der Waals surface area contributed by atoms with Gasteiger partial charge in [0.15, 0.2) is 0 Å². The summed E-state index contributed by atoms with van der Waals surface area (Å²) in [4.78, 5) is 15.9. The van der Waals surface area contributed by atoms with E-state index in [9.17, 15) is 13.6 Å². The summed E-state index contributed by atoms with van der Waals surface area (Å²) in [7, 11) is 0. The number of nitrogens with zero attached hydrogens (tertiary/aromatic N) is 1. The molecular formula is C28H20F2N2O. The molecular weight excluding hydrogens is 418 g/mol. The van der Waals surface area contributed by atoms with Gasteiger partial charge in [-0.15, -0.1) is 0 Å². The number of benzene rings is 4. The van der Waals surface area contributed by atoms with Crippen LogP contribution in [0.2, 0.25) is 0 Å². The Morgan fingerprint density at radius 2 is 1.27 bits per heavy atom. The van der Waals surface area contributed by atoms with Gasteiger partial charge in [-0.3, -0.25) is 4.79 Å². The van der Waals surface area contributed by atoms with E-state index in [2.05, 4.69) is 10.2 Å². The second-order valence-corrected chi connectivity index (χ2v) is 8.75. The van der Waals surface area contributed by atoms with E-state index in [1.807, 2.05) is 50.2 Å². The first-order valence-electron chi connectivity index (χ1n) is 10.8. The number of hydrogen-bond acceptors (Lipinski definition) is 2. The van der Waals surface area contributed by atoms with Crippen LogP contribution in [0, 0.1) is 25.5 Å². The summed E-state index contributed by atoms with van der Waals surface area (Å²) in [5.74, 6) is -0.925. The predicted octanol–water partition coefficient (Wildman–Crippen LogP) is 6.65. The molecule has 1 spiro atoms. The van der Waals surface area contributed by atoms with Gasteiger partial charge in [0.05, 0.1) is 11.4 Å². The van der Waals surface area contributed by atoms with Crippen LogP contribution >= 0.6 is 0 Å². The number of nitrogens with one attached hydrogen (secondary N) is 1. The number of anilines is 4. The standard InChI is InChI=1S/C28H20F2N2O/c1-16-3-10-21-25(13-16)32(20-8-5-18(29)6-9-20)26-14-17(2)4-11-22(26)28(21)23-15-19(30)7-12-24(23)31-27(28)33/h3-15H,1-2H3,(H,31,33). The van der Waals surface area contributed by atoms with Gasteiger partial charge in [0.1, 0.15) is 17.0 Å². The first kappa shape index (κ1) is 19.7. The molecule has 1 N–H and O–H groups in total. The van der Waals surface area contributed by atoms with E-state index in [1.165, 1.54) is 24.3 Å². The molecule has 0 aromatic heterocycles. The second kappa shape index (κ2) is 6.75. The Hall–Kier alpha value is -3.99. The molecule has 6 rings (SSSR count). The lowest BCUT2D eigenvalue weighted by Gasteiger charge is -2.43. The molecule has 0 unspecified atom stereocenters. The SMILES string of the molecule is Cc1ccc2c(c1)N(c1ccc(F)cc1)c1cc(C)ccc1C21C(=O)Nc2ccc(F)cc21. The van der Waals surface area contributed by atoms with Gasteiger partial charge in [-0.1, -0.05) is 24.3 Å². The Bertz CT molecular complexity index is 1410. The number of hydrogen-bond donors (Lipinski definition) is 1. The van der Waals surface area contributed by atoms with E-state index in [-0.39, 0.29) is 11.7 Å². The quantitative estimate of drug-likeness (QED) is 0.361. The van der Waals surface area contributed by atoms with Gasteiger partial charge in [0, 0.05) is 28.1 Å². The molecule has 2 heterocycles. The fourth-order valence-corrected chi connectivity index (χ4v) is 5.24. The zero-order chi connectivity index (χ0) is 22.9. The Balaban J connectivity index is 1.76. The molecule has 5 heteroatoms. The summed E-state index contributed by atoms with van der Waals surface area (Å²) < 4.78 is 28.3. The predicted molar refractivity (Wildman–Crippen MR) is 125 cm³/mol. The maximum Gasteiger partial charge on any atom is 0.244 e. The van der Waals surface area contributed by atoms with Gasteiger partial charge < -0.3 is 10.2 Å². The number of rotatable bonds is 1. The Kier molecular flexibility index (Phi) is 4.03. The van der Waals surface area contributed by atoms with Crippen LogP contribution in [0.5, 0.6) is 0 Å². The molecule has 4 aromatic rings. The van der Waals surface area contributed by atoms with E-state index in [0.29, 0.717) is 11.3 Å². The van der Waals surface area contributed by atoms with Crippen molar-refractivity contribution in [2.45, 2.75) is 19.3 Å². The number of carbonyl (C=O) groups is 1. The summed E-state index contributed by atoms with van der Waals surface area (Å²) in [6, 6.07) is 22.6. The van der Waals surface area contributed by atoms with Crippen molar-refractivity contribution in [2.75, 3.05) is 10.2 Å². The van der Waals surface area contributed by atoms with Crippen molar-refractivity contribution in [1.82, 2.24) is 0 Å². The van der Waals surface area contributed by atoms with Gasteiger partial charge in [-0.05, 0) is 79.6 Å². The number of fused-ring (bicyclic) bond motifs is 6. The molecule has 0 bridgehead atoms. The van der Waals surface area contributed by atoms with Gasteiger partial charge in [-0.25, -0.2) is 8.78 Å². The van der Waals surface area contributed by atoms with Crippen LogP contribution in [-0.2, 0) is 10.2 Å². The molecule has 0 atom stereocenters. The van der Waals surface area contributed by atoms with Crippen LogP contribution in [-0.4, -0.2) is 5.91 Å². The first-order chi connectivity index (χ1) is 15.9. The van der Waals surface area contributed by atoms with Crippen molar-refractivity contribution in [2.24, 2.45) is 0 Å². The lowest BCUT2D eigenvalue weighted by Crippen LogP contribution is -2.42. The normalized spacial score (nSPS) is 15.2. The van der Waals surface area contributed by atoms with Crippen LogP contribution in [0.4, 0.5) is 31.5 Å². The maximum atomic E-state index is 14.5. The highest BCUT2D eigenvalue weighted by molar-refractivity contribution is 6.15. The number of halogens is 2. The minimum Gasteiger partial charge on any atom is -0.324 e. The maximum absolute atomic E-state index is 14.5. The third-order valence-electron chi connectivity index (χ3n) is 6.66. The topological polar surface area (TPSA) is 32.3 Å². The van der Waals surface area contributed by atoms with Crippen molar-refractivity contribution in [3.8, 4) is 0 Å². The molecule has 1 amide bonds. The van der Waals surface area contributed by atoms with Crippen molar-refractivity contribution in [3.05, 3.63) is 118 Å². The fraction of sp³-hybridized carbons (Fsp3) is 0.107. The molecule has 0 aliphatic carbocycles. The monoisotopic (exact) mass is 438 g/mol. The van der Waals surface area contributed by atoms with Crippen LogP contribution in [0.25, 0.3) is 0 Å². The molecule has 0 radical (unpaired) electrons. The Morgan fingerprint density at radius 3 is 1.88 bits per heavy atom. The Morgan fingerprint density at radius 1 is 0.697 bits per heavy atom. The van der Waals surface area contributed by atoms with Crippen LogP contribution in [0.3, 0.4) is 0 Å². The lowest BCUT2D eigenvalue weighted by molar-refractivity contribution is -0.118. The molecule has 0 saturated carbocycles. The highest BCUT2D eigenvalue weighted by atomic mass is 19.1. The largest absolute Gasteiger partial charge is 0.324 e. The summed E-state index contributed by atoms with van der Waals surface area (Å²) in [6.07, 6.45) is 0. The zero-order valence-corrected chi connectivity index (χ0v) is 18.1. The fourth-order valence-electron chi connectivity index (χ4n) is 5.24. The van der Waals surface area contributed by atoms with Crippen molar-refractivity contribution >= 4 is 28.7 Å². The third kappa shape index (κ3) is 2.62. The van der Waals surface area contributed by atoms with E-state index < -0.39 is 11.2 Å². The number of aryl methyl sites for hydroxylation is 2. The number of carbonyl (C=O) groups excluding carboxylic acids is 1. The molecule has 0 saturated heterocycles. The van der Waals surface area contributed by atoms with E-state index in [4.69, 9.17) is 0 Å². The summed E-state index contributed by atoms with van der Waals surface area (Å²) in [5, 5.41) is 2.98. The molecule has 2 aliphatic heterocycles. The average Bonchev–Trinajstić information content (AvgIpc) is 3.07. The molecule has 3 nitrogen and oxygen atoms in total. The first-order valence-corrected chi connectivity index (χ1v) is 10.8.